The standard InChI is InChI=1S/C23H19N5O3/c1-14-11-19(15-3-7-17(8-4-15)22(29)24-2)25-12-21(14)28-13-20(26-27-28)16-5-9-18(10-6-16)23(30)31/h3-13H,1-2H3,(H,24,29)(H,30,31). The van der Waals surface area contributed by atoms with E-state index in [0.717, 1.165) is 28.1 Å². The lowest BCUT2D eigenvalue weighted by molar-refractivity contribution is 0.0696. The number of pyridine rings is 1. The van der Waals surface area contributed by atoms with Gasteiger partial charge in [0, 0.05) is 23.7 Å². The predicted octanol–water partition coefficient (Wildman–Crippen LogP) is 3.36. The number of carbonyl (C=O) groups excluding carboxylic acids is 1. The number of aromatic nitrogens is 4. The van der Waals surface area contributed by atoms with Gasteiger partial charge < -0.3 is 10.4 Å². The van der Waals surface area contributed by atoms with Gasteiger partial charge in [-0.3, -0.25) is 9.78 Å². The summed E-state index contributed by atoms with van der Waals surface area (Å²) >= 11 is 0. The number of carbonyl (C=O) groups is 2. The summed E-state index contributed by atoms with van der Waals surface area (Å²) in [6.07, 6.45) is 3.50. The quantitative estimate of drug-likeness (QED) is 0.519. The van der Waals surface area contributed by atoms with Gasteiger partial charge in [0.15, 0.2) is 0 Å². The molecule has 8 heteroatoms. The van der Waals surface area contributed by atoms with Gasteiger partial charge in [-0.1, -0.05) is 29.5 Å². The van der Waals surface area contributed by atoms with Crippen molar-refractivity contribution in [1.29, 1.82) is 0 Å². The molecule has 2 aromatic carbocycles. The van der Waals surface area contributed by atoms with Crippen molar-refractivity contribution in [3.05, 3.63) is 83.7 Å². The van der Waals surface area contributed by atoms with E-state index in [9.17, 15) is 9.59 Å². The molecule has 31 heavy (non-hydrogen) atoms. The monoisotopic (exact) mass is 413 g/mol. The van der Waals surface area contributed by atoms with E-state index < -0.39 is 5.97 Å². The Hall–Kier alpha value is -4.33. The van der Waals surface area contributed by atoms with Gasteiger partial charge in [-0.25, -0.2) is 9.48 Å². The van der Waals surface area contributed by atoms with Crippen molar-refractivity contribution in [2.45, 2.75) is 6.92 Å². The van der Waals surface area contributed by atoms with Crippen molar-refractivity contribution in [3.63, 3.8) is 0 Å². The molecule has 2 aromatic heterocycles. The number of rotatable bonds is 5. The average molecular weight is 413 g/mol. The Balaban J connectivity index is 1.59. The van der Waals surface area contributed by atoms with Crippen molar-refractivity contribution in [3.8, 4) is 28.2 Å². The summed E-state index contributed by atoms with van der Waals surface area (Å²) in [5.74, 6) is -1.11. The third kappa shape index (κ3) is 4.04. The zero-order valence-electron chi connectivity index (χ0n) is 16.9. The second kappa shape index (κ2) is 8.19. The fourth-order valence-electron chi connectivity index (χ4n) is 3.18. The predicted molar refractivity (Wildman–Crippen MR) is 115 cm³/mol. The number of benzene rings is 2. The van der Waals surface area contributed by atoms with E-state index in [0.29, 0.717) is 11.3 Å². The average Bonchev–Trinajstić information content (AvgIpc) is 3.28. The molecule has 0 saturated heterocycles. The molecule has 0 aliphatic heterocycles. The van der Waals surface area contributed by atoms with E-state index in [1.54, 1.807) is 48.4 Å². The second-order valence-electron chi connectivity index (χ2n) is 6.94. The summed E-state index contributed by atoms with van der Waals surface area (Å²) in [5, 5.41) is 20.0. The molecule has 0 bridgehead atoms. The topological polar surface area (TPSA) is 110 Å². The molecule has 0 atom stereocenters. The first-order valence-corrected chi connectivity index (χ1v) is 9.52. The van der Waals surface area contributed by atoms with Crippen molar-refractivity contribution in [2.24, 2.45) is 0 Å². The van der Waals surface area contributed by atoms with Crippen LogP contribution in [0.5, 0.6) is 0 Å². The lowest BCUT2D eigenvalue weighted by Gasteiger charge is -2.08. The van der Waals surface area contributed by atoms with Crippen LogP contribution in [0.2, 0.25) is 0 Å². The van der Waals surface area contributed by atoms with Crippen molar-refractivity contribution >= 4 is 11.9 Å². The van der Waals surface area contributed by atoms with Gasteiger partial charge in [-0.05, 0) is 42.8 Å². The van der Waals surface area contributed by atoms with Gasteiger partial charge in [-0.15, -0.1) is 5.10 Å². The summed E-state index contributed by atoms with van der Waals surface area (Å²) in [6, 6.07) is 15.7. The molecule has 2 N–H and O–H groups in total. The zero-order valence-corrected chi connectivity index (χ0v) is 16.9. The highest BCUT2D eigenvalue weighted by molar-refractivity contribution is 5.94. The highest BCUT2D eigenvalue weighted by atomic mass is 16.4. The molecule has 2 heterocycles. The number of carboxylic acids is 1. The fraction of sp³-hybridized carbons (Fsp3) is 0.0870. The Kier molecular flexibility index (Phi) is 5.28. The lowest BCUT2D eigenvalue weighted by atomic mass is 10.1. The zero-order chi connectivity index (χ0) is 22.0. The Morgan fingerprint density at radius 3 is 2.13 bits per heavy atom. The van der Waals surface area contributed by atoms with Gasteiger partial charge in [0.25, 0.3) is 5.91 Å². The third-order valence-electron chi connectivity index (χ3n) is 4.92. The minimum atomic E-state index is -0.972. The number of nitrogens with one attached hydrogen (secondary N) is 1. The molecule has 154 valence electrons. The molecule has 4 aromatic rings. The van der Waals surface area contributed by atoms with E-state index in [1.807, 2.05) is 25.1 Å². The molecule has 1 amide bonds. The molecule has 0 fully saturated rings. The minimum Gasteiger partial charge on any atom is -0.478 e. The molecule has 0 aliphatic carbocycles. The molecule has 0 radical (unpaired) electrons. The Labute approximate surface area is 178 Å². The SMILES string of the molecule is CNC(=O)c1ccc(-c2cc(C)c(-n3cc(-c4ccc(C(=O)O)cc4)nn3)cn2)cc1. The van der Waals surface area contributed by atoms with Crippen molar-refractivity contribution < 1.29 is 14.7 Å². The maximum absolute atomic E-state index is 11.7. The van der Waals surface area contributed by atoms with Gasteiger partial charge >= 0.3 is 5.97 Å². The van der Waals surface area contributed by atoms with Crippen molar-refractivity contribution in [2.75, 3.05) is 7.05 Å². The van der Waals surface area contributed by atoms with E-state index in [4.69, 9.17) is 5.11 Å². The summed E-state index contributed by atoms with van der Waals surface area (Å²) in [4.78, 5) is 27.2. The molecule has 0 spiro atoms. The molecule has 0 aliphatic rings. The normalized spacial score (nSPS) is 10.6. The molecule has 0 saturated carbocycles. The molecule has 0 unspecified atom stereocenters. The maximum atomic E-state index is 11.7. The Morgan fingerprint density at radius 1 is 0.935 bits per heavy atom. The summed E-state index contributed by atoms with van der Waals surface area (Å²) in [5.41, 5.74) is 5.64. The van der Waals surface area contributed by atoms with Crippen LogP contribution in [0.1, 0.15) is 26.3 Å². The summed E-state index contributed by atoms with van der Waals surface area (Å²) < 4.78 is 1.64. The van der Waals surface area contributed by atoms with Gasteiger partial charge in [0.2, 0.25) is 0 Å². The maximum Gasteiger partial charge on any atom is 0.335 e. The van der Waals surface area contributed by atoms with Crippen LogP contribution >= 0.6 is 0 Å². The highest BCUT2D eigenvalue weighted by Gasteiger charge is 2.11. The first-order valence-electron chi connectivity index (χ1n) is 9.52. The van der Waals surface area contributed by atoms with Crippen LogP contribution in [0.15, 0.2) is 67.0 Å². The van der Waals surface area contributed by atoms with Crippen LogP contribution < -0.4 is 5.32 Å². The van der Waals surface area contributed by atoms with E-state index in [2.05, 4.69) is 20.6 Å². The minimum absolute atomic E-state index is 0.134. The molecular weight excluding hydrogens is 394 g/mol. The summed E-state index contributed by atoms with van der Waals surface area (Å²) in [7, 11) is 1.60. The van der Waals surface area contributed by atoms with Crippen LogP contribution in [-0.2, 0) is 0 Å². The number of nitrogens with zero attached hydrogens (tertiary/aromatic N) is 4. The van der Waals surface area contributed by atoms with Crippen LogP contribution in [0.4, 0.5) is 0 Å². The second-order valence-corrected chi connectivity index (χ2v) is 6.94. The largest absolute Gasteiger partial charge is 0.478 e. The summed E-state index contributed by atoms with van der Waals surface area (Å²) in [6.45, 7) is 1.96. The van der Waals surface area contributed by atoms with E-state index >= 15 is 0 Å². The van der Waals surface area contributed by atoms with Crippen LogP contribution in [0.25, 0.3) is 28.2 Å². The van der Waals surface area contributed by atoms with Gasteiger partial charge in [0.1, 0.15) is 5.69 Å². The smallest absolute Gasteiger partial charge is 0.335 e. The third-order valence-corrected chi connectivity index (χ3v) is 4.92. The number of amides is 1. The first kappa shape index (κ1) is 20.0. The Morgan fingerprint density at radius 2 is 1.55 bits per heavy atom. The van der Waals surface area contributed by atoms with E-state index in [-0.39, 0.29) is 11.5 Å². The van der Waals surface area contributed by atoms with Gasteiger partial charge in [0.05, 0.1) is 29.3 Å². The number of hydrogen-bond acceptors (Lipinski definition) is 5. The first-order chi connectivity index (χ1) is 15.0. The fourth-order valence-corrected chi connectivity index (χ4v) is 3.18. The van der Waals surface area contributed by atoms with Gasteiger partial charge in [-0.2, -0.15) is 0 Å². The van der Waals surface area contributed by atoms with Crippen LogP contribution in [-0.4, -0.2) is 44.0 Å². The number of aryl methyl sites for hydroxylation is 1. The number of hydrogen-bond donors (Lipinski definition) is 2. The lowest BCUT2D eigenvalue weighted by Crippen LogP contribution is -2.17. The molecule has 8 nitrogen and oxygen atoms in total. The van der Waals surface area contributed by atoms with Crippen molar-refractivity contribution in [1.82, 2.24) is 25.3 Å². The molecule has 4 rings (SSSR count). The van der Waals surface area contributed by atoms with Crippen LogP contribution in [0.3, 0.4) is 0 Å². The Bertz CT molecular complexity index is 1260. The van der Waals surface area contributed by atoms with E-state index in [1.165, 1.54) is 12.1 Å². The van der Waals surface area contributed by atoms with Crippen LogP contribution in [0, 0.1) is 6.92 Å². The number of aromatic carboxylic acids is 1. The molecular formula is C23H19N5O3. The highest BCUT2D eigenvalue weighted by Crippen LogP contribution is 2.23. The number of carboxylic acid groups (broad SMARTS) is 1.